The second-order valence-corrected chi connectivity index (χ2v) is 4.79. The summed E-state index contributed by atoms with van der Waals surface area (Å²) >= 11 is 3.10. The summed E-state index contributed by atoms with van der Waals surface area (Å²) < 4.78 is 19.6. The molecule has 3 nitrogen and oxygen atoms in total. The number of hydrogen-bond donors (Lipinski definition) is 1. The summed E-state index contributed by atoms with van der Waals surface area (Å²) in [5.41, 5.74) is 0.688. The summed E-state index contributed by atoms with van der Waals surface area (Å²) in [5.74, 6) is 0.0752. The number of benzene rings is 1. The molecule has 19 heavy (non-hydrogen) atoms. The van der Waals surface area contributed by atoms with Gasteiger partial charge in [0.15, 0.2) is 0 Å². The van der Waals surface area contributed by atoms with Crippen LogP contribution in [0.5, 0.6) is 5.75 Å². The molecule has 2 aromatic rings. The van der Waals surface area contributed by atoms with Gasteiger partial charge in [-0.2, -0.15) is 0 Å². The van der Waals surface area contributed by atoms with E-state index in [0.29, 0.717) is 22.4 Å². The van der Waals surface area contributed by atoms with Crippen molar-refractivity contribution in [3.8, 4) is 5.75 Å². The molecule has 0 aliphatic rings. The number of pyridine rings is 1. The normalized spacial score (nSPS) is 12.2. The van der Waals surface area contributed by atoms with Crippen LogP contribution in [0.1, 0.15) is 24.2 Å². The average molecular weight is 326 g/mol. The first-order chi connectivity index (χ1) is 9.13. The Hall–Kier alpha value is -1.46. The highest BCUT2D eigenvalue weighted by molar-refractivity contribution is 9.10. The molecule has 5 heteroatoms. The molecular weight excluding hydrogens is 313 g/mol. The number of hydrogen-bond acceptors (Lipinski definition) is 3. The molecule has 0 bridgehead atoms. The summed E-state index contributed by atoms with van der Waals surface area (Å²) in [6.07, 6.45) is 1.97. The molecule has 0 aliphatic carbocycles. The highest BCUT2D eigenvalue weighted by Crippen LogP contribution is 2.29. The summed E-state index contributed by atoms with van der Waals surface area (Å²) in [7, 11) is 0. The number of ether oxygens (including phenoxy) is 1. The van der Waals surface area contributed by atoms with Gasteiger partial charge in [-0.05, 0) is 35.0 Å². The van der Waals surface area contributed by atoms with Crippen molar-refractivity contribution >= 4 is 15.9 Å². The lowest BCUT2D eigenvalue weighted by atomic mass is 10.0. The van der Waals surface area contributed by atoms with E-state index in [2.05, 4.69) is 20.9 Å². The molecule has 0 saturated carbocycles. The molecule has 1 unspecified atom stereocenters. The van der Waals surface area contributed by atoms with Crippen LogP contribution in [0, 0.1) is 5.82 Å². The molecule has 0 aliphatic heterocycles. The van der Waals surface area contributed by atoms with E-state index in [1.807, 2.05) is 6.92 Å². The van der Waals surface area contributed by atoms with Crippen LogP contribution in [-0.2, 0) is 0 Å². The van der Waals surface area contributed by atoms with Crippen LogP contribution in [0.2, 0.25) is 0 Å². The van der Waals surface area contributed by atoms with Crippen molar-refractivity contribution in [2.45, 2.75) is 13.0 Å². The fourth-order valence-corrected chi connectivity index (χ4v) is 2.12. The molecule has 0 amide bonds. The van der Waals surface area contributed by atoms with Gasteiger partial charge in [-0.1, -0.05) is 12.1 Å². The van der Waals surface area contributed by atoms with Crippen molar-refractivity contribution in [1.82, 2.24) is 4.98 Å². The van der Waals surface area contributed by atoms with Gasteiger partial charge >= 0.3 is 0 Å². The second-order valence-electron chi connectivity index (χ2n) is 3.93. The molecule has 1 atom stereocenters. The van der Waals surface area contributed by atoms with Gasteiger partial charge in [-0.3, -0.25) is 4.98 Å². The molecule has 100 valence electrons. The highest BCUT2D eigenvalue weighted by atomic mass is 79.9. The SMILES string of the molecule is CCOc1cncc(C(O)c2cccc(Br)c2F)c1. The maximum Gasteiger partial charge on any atom is 0.143 e. The summed E-state index contributed by atoms with van der Waals surface area (Å²) in [5, 5.41) is 10.2. The van der Waals surface area contributed by atoms with Gasteiger partial charge in [0, 0.05) is 17.3 Å². The van der Waals surface area contributed by atoms with E-state index in [-0.39, 0.29) is 5.56 Å². The van der Waals surface area contributed by atoms with Crippen LogP contribution >= 0.6 is 15.9 Å². The minimum atomic E-state index is -1.08. The Morgan fingerprint density at radius 1 is 1.42 bits per heavy atom. The first-order valence-electron chi connectivity index (χ1n) is 5.83. The molecule has 0 fully saturated rings. The summed E-state index contributed by atoms with van der Waals surface area (Å²) in [6.45, 7) is 2.36. The third-order valence-corrected chi connectivity index (χ3v) is 3.25. The van der Waals surface area contributed by atoms with Crippen molar-refractivity contribution in [3.63, 3.8) is 0 Å². The Morgan fingerprint density at radius 3 is 2.95 bits per heavy atom. The number of aliphatic hydroxyl groups is 1. The lowest BCUT2D eigenvalue weighted by Gasteiger charge is -2.13. The number of halogens is 2. The lowest BCUT2D eigenvalue weighted by Crippen LogP contribution is -2.04. The topological polar surface area (TPSA) is 42.4 Å². The fourth-order valence-electron chi connectivity index (χ4n) is 1.74. The van der Waals surface area contributed by atoms with Gasteiger partial charge in [-0.25, -0.2) is 4.39 Å². The van der Waals surface area contributed by atoms with Crippen molar-refractivity contribution in [2.24, 2.45) is 0 Å². The first kappa shape index (κ1) is 14.0. The van der Waals surface area contributed by atoms with Gasteiger partial charge in [0.25, 0.3) is 0 Å². The van der Waals surface area contributed by atoms with E-state index in [4.69, 9.17) is 4.74 Å². The Morgan fingerprint density at radius 2 is 2.21 bits per heavy atom. The van der Waals surface area contributed by atoms with E-state index in [0.717, 1.165) is 0 Å². The van der Waals surface area contributed by atoms with E-state index >= 15 is 0 Å². The van der Waals surface area contributed by atoms with Crippen molar-refractivity contribution in [2.75, 3.05) is 6.61 Å². The summed E-state index contributed by atoms with van der Waals surface area (Å²) in [4.78, 5) is 3.98. The van der Waals surface area contributed by atoms with Gasteiger partial charge in [0.2, 0.25) is 0 Å². The van der Waals surface area contributed by atoms with E-state index in [1.165, 1.54) is 12.3 Å². The van der Waals surface area contributed by atoms with Crippen LogP contribution < -0.4 is 4.74 Å². The number of aliphatic hydroxyl groups excluding tert-OH is 1. The van der Waals surface area contributed by atoms with Crippen LogP contribution in [0.3, 0.4) is 0 Å². The quantitative estimate of drug-likeness (QED) is 0.936. The fraction of sp³-hybridized carbons (Fsp3) is 0.214. The molecule has 0 spiro atoms. The van der Waals surface area contributed by atoms with Crippen LogP contribution in [0.25, 0.3) is 0 Å². The van der Waals surface area contributed by atoms with Gasteiger partial charge < -0.3 is 9.84 Å². The molecule has 2 rings (SSSR count). The molecule has 1 heterocycles. The average Bonchev–Trinajstić information content (AvgIpc) is 2.42. The number of aromatic nitrogens is 1. The van der Waals surface area contributed by atoms with Crippen molar-refractivity contribution in [3.05, 3.63) is 58.1 Å². The van der Waals surface area contributed by atoms with Gasteiger partial charge in [-0.15, -0.1) is 0 Å². The number of nitrogens with zero attached hydrogens (tertiary/aromatic N) is 1. The van der Waals surface area contributed by atoms with E-state index < -0.39 is 11.9 Å². The standard InChI is InChI=1S/C14H13BrFNO2/c1-2-19-10-6-9(7-17-8-10)14(18)11-4-3-5-12(15)13(11)16/h3-8,14,18H,2H2,1H3. The van der Waals surface area contributed by atoms with Crippen molar-refractivity contribution < 1.29 is 14.2 Å². The zero-order chi connectivity index (χ0) is 13.8. The molecular formula is C14H13BrFNO2. The highest BCUT2D eigenvalue weighted by Gasteiger charge is 2.17. The molecule has 1 aromatic carbocycles. The Balaban J connectivity index is 2.35. The third kappa shape index (κ3) is 3.11. The smallest absolute Gasteiger partial charge is 0.143 e. The Kier molecular flexibility index (Phi) is 4.50. The van der Waals surface area contributed by atoms with E-state index in [9.17, 15) is 9.50 Å². The lowest BCUT2D eigenvalue weighted by molar-refractivity contribution is 0.213. The molecule has 1 N–H and O–H groups in total. The number of rotatable bonds is 4. The monoisotopic (exact) mass is 325 g/mol. The predicted molar refractivity (Wildman–Crippen MR) is 73.6 cm³/mol. The minimum Gasteiger partial charge on any atom is -0.492 e. The summed E-state index contributed by atoms with van der Waals surface area (Å²) in [6, 6.07) is 6.45. The van der Waals surface area contributed by atoms with Crippen LogP contribution in [0.4, 0.5) is 4.39 Å². The van der Waals surface area contributed by atoms with Crippen LogP contribution in [-0.4, -0.2) is 16.7 Å². The molecule has 1 aromatic heterocycles. The zero-order valence-electron chi connectivity index (χ0n) is 10.3. The van der Waals surface area contributed by atoms with Gasteiger partial charge in [0.1, 0.15) is 17.7 Å². The van der Waals surface area contributed by atoms with Crippen molar-refractivity contribution in [1.29, 1.82) is 0 Å². The van der Waals surface area contributed by atoms with E-state index in [1.54, 1.807) is 24.4 Å². The molecule has 0 radical (unpaired) electrons. The first-order valence-corrected chi connectivity index (χ1v) is 6.62. The third-order valence-electron chi connectivity index (χ3n) is 2.64. The maximum atomic E-state index is 13.9. The largest absolute Gasteiger partial charge is 0.492 e. The zero-order valence-corrected chi connectivity index (χ0v) is 11.9. The molecule has 0 saturated heterocycles. The second kappa shape index (κ2) is 6.12. The Labute approximate surface area is 119 Å². The predicted octanol–water partition coefficient (Wildman–Crippen LogP) is 3.46. The van der Waals surface area contributed by atoms with Gasteiger partial charge in [0.05, 0.1) is 17.3 Å². The van der Waals surface area contributed by atoms with Crippen LogP contribution in [0.15, 0.2) is 41.1 Å². The minimum absolute atomic E-state index is 0.199. The Bertz CT molecular complexity index is 577. The maximum absolute atomic E-state index is 13.9.